The van der Waals surface area contributed by atoms with Crippen LogP contribution in [0.2, 0.25) is 0 Å². The van der Waals surface area contributed by atoms with Crippen molar-refractivity contribution in [1.29, 1.82) is 0 Å². The molecule has 1 N–H and O–H groups in total. The average Bonchev–Trinajstić information content (AvgIpc) is 3.08. The maximum atomic E-state index is 13.9. The molecule has 3 aromatic rings. The minimum absolute atomic E-state index is 0.190. The lowest BCUT2D eigenvalue weighted by Crippen LogP contribution is -2.44. The largest absolute Gasteiger partial charge is 0.481 e. The number of pyridine rings is 1. The van der Waals surface area contributed by atoms with E-state index in [2.05, 4.69) is 15.4 Å². The fraction of sp³-hybridized carbons (Fsp3) is 0.348. The van der Waals surface area contributed by atoms with Gasteiger partial charge in [0, 0.05) is 35.7 Å². The minimum Gasteiger partial charge on any atom is -0.481 e. The number of methoxy groups -OCH3 is 1. The quantitative estimate of drug-likeness (QED) is 0.619. The van der Waals surface area contributed by atoms with E-state index in [9.17, 15) is 18.0 Å². The summed E-state index contributed by atoms with van der Waals surface area (Å²) in [7, 11) is 3.15. The van der Waals surface area contributed by atoms with Gasteiger partial charge in [0.1, 0.15) is 5.69 Å². The second-order valence-electron chi connectivity index (χ2n) is 8.58. The molecule has 1 aromatic carbocycles. The van der Waals surface area contributed by atoms with Gasteiger partial charge >= 0.3 is 0 Å². The number of nitrogens with zero attached hydrogens (tertiary/aromatic N) is 3. The molecule has 4 rings (SSSR count). The first-order chi connectivity index (χ1) is 15.1. The van der Waals surface area contributed by atoms with Crippen LogP contribution in [0, 0.1) is 17.5 Å². The number of fused-ring (bicyclic) bond motifs is 1. The standard InChI is InChI=1S/C23H23F3N4O2/c1-23(2)11-13(27-22(31)17-6-5-7-18(28-17)32-4)10-14-20(30(3)29-21(14)23)12-8-15(24)19(26)16(25)9-12/h5-9,13H,10-11H2,1-4H3,(H,27,31). The zero-order chi connectivity index (χ0) is 23.2. The third-order valence-corrected chi connectivity index (χ3v) is 5.75. The van der Waals surface area contributed by atoms with Crippen molar-refractivity contribution in [2.75, 3.05) is 7.11 Å². The lowest BCUT2D eigenvalue weighted by molar-refractivity contribution is 0.0921. The number of aromatic nitrogens is 3. The lowest BCUT2D eigenvalue weighted by Gasteiger charge is -2.35. The van der Waals surface area contributed by atoms with Gasteiger partial charge < -0.3 is 10.1 Å². The first-order valence-electron chi connectivity index (χ1n) is 10.1. The van der Waals surface area contributed by atoms with Gasteiger partial charge in [-0.3, -0.25) is 9.48 Å². The Balaban J connectivity index is 1.69. The first kappa shape index (κ1) is 21.9. The summed E-state index contributed by atoms with van der Waals surface area (Å²) in [5.41, 5.74) is 2.03. The van der Waals surface area contributed by atoms with Gasteiger partial charge in [0.15, 0.2) is 17.5 Å². The molecule has 0 fully saturated rings. The van der Waals surface area contributed by atoms with E-state index < -0.39 is 22.9 Å². The highest BCUT2D eigenvalue weighted by atomic mass is 19.2. The van der Waals surface area contributed by atoms with Crippen molar-refractivity contribution in [2.45, 2.75) is 38.1 Å². The Morgan fingerprint density at radius 1 is 1.22 bits per heavy atom. The summed E-state index contributed by atoms with van der Waals surface area (Å²) in [6.45, 7) is 3.99. The molecular formula is C23H23F3N4O2. The van der Waals surface area contributed by atoms with E-state index in [0.717, 1.165) is 23.4 Å². The highest BCUT2D eigenvalue weighted by Gasteiger charge is 2.39. The smallest absolute Gasteiger partial charge is 0.270 e. The van der Waals surface area contributed by atoms with E-state index in [-0.39, 0.29) is 23.2 Å². The number of nitrogens with one attached hydrogen (secondary N) is 1. The van der Waals surface area contributed by atoms with E-state index in [1.165, 1.54) is 7.11 Å². The van der Waals surface area contributed by atoms with Crippen LogP contribution < -0.4 is 10.1 Å². The molecule has 32 heavy (non-hydrogen) atoms. The monoisotopic (exact) mass is 444 g/mol. The van der Waals surface area contributed by atoms with Crippen molar-refractivity contribution < 1.29 is 22.7 Å². The molecule has 0 saturated heterocycles. The number of hydrogen-bond donors (Lipinski definition) is 1. The molecule has 2 heterocycles. The number of carbonyl (C=O) groups is 1. The van der Waals surface area contributed by atoms with Gasteiger partial charge in [-0.1, -0.05) is 19.9 Å². The first-order valence-corrected chi connectivity index (χ1v) is 10.1. The zero-order valence-corrected chi connectivity index (χ0v) is 18.2. The summed E-state index contributed by atoms with van der Waals surface area (Å²) < 4.78 is 48.0. The van der Waals surface area contributed by atoms with Crippen LogP contribution in [0.3, 0.4) is 0 Å². The molecule has 1 unspecified atom stereocenters. The fourth-order valence-electron chi connectivity index (χ4n) is 4.41. The Morgan fingerprint density at radius 2 is 1.91 bits per heavy atom. The van der Waals surface area contributed by atoms with E-state index >= 15 is 0 Å². The van der Waals surface area contributed by atoms with Crippen LogP contribution in [0.1, 0.15) is 42.0 Å². The average molecular weight is 444 g/mol. The second-order valence-corrected chi connectivity index (χ2v) is 8.58. The number of ether oxygens (including phenoxy) is 1. The molecule has 6 nitrogen and oxygen atoms in total. The highest BCUT2D eigenvalue weighted by molar-refractivity contribution is 5.92. The van der Waals surface area contributed by atoms with Crippen LogP contribution in [0.5, 0.6) is 5.88 Å². The predicted octanol–water partition coefficient (Wildman–Crippen LogP) is 3.93. The summed E-state index contributed by atoms with van der Waals surface area (Å²) in [6, 6.07) is 6.58. The molecule has 168 valence electrons. The van der Waals surface area contributed by atoms with E-state index in [1.807, 2.05) is 13.8 Å². The number of hydrogen-bond acceptors (Lipinski definition) is 4. The summed E-state index contributed by atoms with van der Waals surface area (Å²) in [5, 5.41) is 7.59. The molecule has 2 aromatic heterocycles. The number of amides is 1. The highest BCUT2D eigenvalue weighted by Crippen LogP contribution is 2.41. The van der Waals surface area contributed by atoms with Crippen molar-refractivity contribution in [3.05, 3.63) is 64.7 Å². The lowest BCUT2D eigenvalue weighted by atomic mass is 9.73. The van der Waals surface area contributed by atoms with Gasteiger partial charge in [0.05, 0.1) is 18.5 Å². The minimum atomic E-state index is -1.51. The maximum absolute atomic E-state index is 13.9. The van der Waals surface area contributed by atoms with Gasteiger partial charge in [-0.2, -0.15) is 5.10 Å². The molecule has 0 spiro atoms. The van der Waals surface area contributed by atoms with Crippen molar-refractivity contribution in [3.8, 4) is 17.1 Å². The van der Waals surface area contributed by atoms with Gasteiger partial charge in [0.25, 0.3) is 5.91 Å². The number of benzene rings is 1. The number of rotatable bonds is 4. The Labute approximate surface area is 183 Å². The van der Waals surface area contributed by atoms with Crippen molar-refractivity contribution in [2.24, 2.45) is 7.05 Å². The predicted molar refractivity (Wildman–Crippen MR) is 112 cm³/mol. The molecule has 0 aliphatic heterocycles. The van der Waals surface area contributed by atoms with Crippen molar-refractivity contribution in [3.63, 3.8) is 0 Å². The van der Waals surface area contributed by atoms with Crippen LogP contribution >= 0.6 is 0 Å². The molecular weight excluding hydrogens is 421 g/mol. The Kier molecular flexibility index (Phi) is 5.44. The fourth-order valence-corrected chi connectivity index (χ4v) is 4.41. The summed E-state index contributed by atoms with van der Waals surface area (Å²) in [6.07, 6.45) is 1.01. The summed E-state index contributed by atoms with van der Waals surface area (Å²) in [5.74, 6) is -4.06. The van der Waals surface area contributed by atoms with Crippen LogP contribution in [0.4, 0.5) is 13.2 Å². The normalized spacial score (nSPS) is 17.0. The molecule has 1 amide bonds. The number of aryl methyl sites for hydroxylation is 1. The molecule has 1 aliphatic carbocycles. The third-order valence-electron chi connectivity index (χ3n) is 5.75. The van der Waals surface area contributed by atoms with Crippen LogP contribution in [0.15, 0.2) is 30.3 Å². The molecule has 0 saturated carbocycles. The number of halogens is 3. The van der Waals surface area contributed by atoms with Gasteiger partial charge in [-0.15, -0.1) is 0 Å². The Morgan fingerprint density at radius 3 is 2.56 bits per heavy atom. The molecule has 1 atom stereocenters. The van der Waals surface area contributed by atoms with Crippen LogP contribution in [-0.2, 0) is 18.9 Å². The summed E-state index contributed by atoms with van der Waals surface area (Å²) in [4.78, 5) is 17.0. The molecule has 1 aliphatic rings. The van der Waals surface area contributed by atoms with Gasteiger partial charge in [-0.05, 0) is 31.0 Å². The molecule has 9 heteroatoms. The van der Waals surface area contributed by atoms with E-state index in [0.29, 0.717) is 24.4 Å². The second kappa shape index (κ2) is 7.96. The van der Waals surface area contributed by atoms with Crippen molar-refractivity contribution in [1.82, 2.24) is 20.1 Å². The Hall–Kier alpha value is -3.36. The SMILES string of the molecule is COc1cccc(C(=O)NC2Cc3c(nn(C)c3-c3cc(F)c(F)c(F)c3)C(C)(C)C2)n1. The van der Waals surface area contributed by atoms with Gasteiger partial charge in [0.2, 0.25) is 5.88 Å². The summed E-state index contributed by atoms with van der Waals surface area (Å²) >= 11 is 0. The van der Waals surface area contributed by atoms with Crippen LogP contribution in [0.25, 0.3) is 11.3 Å². The van der Waals surface area contributed by atoms with Gasteiger partial charge in [-0.25, -0.2) is 18.2 Å². The molecule has 0 radical (unpaired) electrons. The topological polar surface area (TPSA) is 69.0 Å². The zero-order valence-electron chi connectivity index (χ0n) is 18.2. The van der Waals surface area contributed by atoms with E-state index in [4.69, 9.17) is 4.74 Å². The third kappa shape index (κ3) is 3.83. The maximum Gasteiger partial charge on any atom is 0.270 e. The van der Waals surface area contributed by atoms with Crippen molar-refractivity contribution >= 4 is 5.91 Å². The van der Waals surface area contributed by atoms with E-state index in [1.54, 1.807) is 29.9 Å². The Bertz CT molecular complexity index is 1180. The number of carbonyl (C=O) groups excluding carboxylic acids is 1. The van der Waals surface area contributed by atoms with Crippen LogP contribution in [-0.4, -0.2) is 33.8 Å². The molecule has 0 bridgehead atoms.